The summed E-state index contributed by atoms with van der Waals surface area (Å²) in [5.74, 6) is 0. The maximum atomic E-state index is 8.49. The molecule has 0 aliphatic rings. The van der Waals surface area contributed by atoms with Gasteiger partial charge in [-0.2, -0.15) is 12.6 Å². The van der Waals surface area contributed by atoms with Crippen molar-refractivity contribution in [2.75, 3.05) is 6.61 Å². The normalized spacial score (nSPS) is 13.7. The highest BCUT2D eigenvalue weighted by Crippen LogP contribution is 2.09. The molecule has 2 heteroatoms. The van der Waals surface area contributed by atoms with Crippen molar-refractivity contribution in [2.24, 2.45) is 0 Å². The van der Waals surface area contributed by atoms with Gasteiger partial charge in [0.2, 0.25) is 0 Å². The van der Waals surface area contributed by atoms with Gasteiger partial charge in [-0.3, -0.25) is 0 Å². The first-order chi connectivity index (χ1) is 4.31. The molecule has 1 atom stereocenters. The molecule has 0 heterocycles. The molecule has 0 saturated carbocycles. The molecule has 0 bridgehead atoms. The summed E-state index contributed by atoms with van der Waals surface area (Å²) in [5, 5.41) is 8.90. The monoisotopic (exact) mass is 148 g/mol. The van der Waals surface area contributed by atoms with Crippen molar-refractivity contribution >= 4 is 12.6 Å². The fourth-order valence-corrected chi connectivity index (χ4v) is 1.03. The molecule has 56 valence electrons. The molecule has 0 aromatic carbocycles. The Kier molecular flexibility index (Phi) is 6.65. The van der Waals surface area contributed by atoms with Crippen LogP contribution >= 0.6 is 12.6 Å². The Balaban J connectivity index is 2.95. The van der Waals surface area contributed by atoms with Gasteiger partial charge in [-0.05, 0) is 12.8 Å². The summed E-state index contributed by atoms with van der Waals surface area (Å²) < 4.78 is 0. The van der Waals surface area contributed by atoms with E-state index in [2.05, 4.69) is 19.6 Å². The van der Waals surface area contributed by atoms with E-state index in [4.69, 9.17) is 5.11 Å². The lowest BCUT2D eigenvalue weighted by atomic mass is 10.1. The number of unbranched alkanes of at least 4 members (excludes halogenated alkanes) is 1. The standard InChI is InChI=1S/C7H16OS/c1-2-3-4-7(9)5-6-8/h7-9H,2-6H2,1H3. The average Bonchev–Trinajstić information content (AvgIpc) is 1.85. The Hall–Kier alpha value is 0.310. The molecule has 0 radical (unpaired) electrons. The van der Waals surface area contributed by atoms with Gasteiger partial charge in [0.15, 0.2) is 0 Å². The van der Waals surface area contributed by atoms with Crippen molar-refractivity contribution in [3.8, 4) is 0 Å². The molecule has 1 nitrogen and oxygen atoms in total. The largest absolute Gasteiger partial charge is 0.396 e. The molecule has 0 aromatic heterocycles. The molecule has 0 spiro atoms. The highest BCUT2D eigenvalue weighted by atomic mass is 32.1. The van der Waals surface area contributed by atoms with E-state index in [9.17, 15) is 0 Å². The number of rotatable bonds is 5. The van der Waals surface area contributed by atoms with Crippen LogP contribution in [0, 0.1) is 0 Å². The van der Waals surface area contributed by atoms with Crippen LogP contribution in [0.3, 0.4) is 0 Å². The maximum Gasteiger partial charge on any atom is 0.0441 e. The molecule has 0 fully saturated rings. The third-order valence-corrected chi connectivity index (χ3v) is 1.87. The van der Waals surface area contributed by atoms with E-state index >= 15 is 0 Å². The Morgan fingerprint density at radius 1 is 1.44 bits per heavy atom. The molecule has 1 N–H and O–H groups in total. The minimum Gasteiger partial charge on any atom is -0.396 e. The quantitative estimate of drug-likeness (QED) is 0.570. The van der Waals surface area contributed by atoms with Crippen molar-refractivity contribution in [1.82, 2.24) is 0 Å². The summed E-state index contributed by atoms with van der Waals surface area (Å²) in [6.07, 6.45) is 4.43. The minimum absolute atomic E-state index is 0.276. The van der Waals surface area contributed by atoms with Crippen LogP contribution in [0.4, 0.5) is 0 Å². The van der Waals surface area contributed by atoms with Gasteiger partial charge in [0.25, 0.3) is 0 Å². The Labute approximate surface area is 62.9 Å². The first-order valence-electron chi connectivity index (χ1n) is 3.60. The zero-order chi connectivity index (χ0) is 7.11. The second-order valence-electron chi connectivity index (χ2n) is 2.31. The number of aliphatic hydroxyl groups excluding tert-OH is 1. The van der Waals surface area contributed by atoms with Gasteiger partial charge in [0.05, 0.1) is 0 Å². The molecule has 1 unspecified atom stereocenters. The van der Waals surface area contributed by atoms with Gasteiger partial charge < -0.3 is 5.11 Å². The second-order valence-corrected chi connectivity index (χ2v) is 3.04. The van der Waals surface area contributed by atoms with Gasteiger partial charge in [-0.25, -0.2) is 0 Å². The van der Waals surface area contributed by atoms with Gasteiger partial charge in [-0.15, -0.1) is 0 Å². The predicted octanol–water partition coefficient (Wildman–Crippen LogP) is 1.86. The highest BCUT2D eigenvalue weighted by molar-refractivity contribution is 7.80. The van der Waals surface area contributed by atoms with E-state index in [1.165, 1.54) is 12.8 Å². The SMILES string of the molecule is CCCCC(S)CCO. The van der Waals surface area contributed by atoms with Crippen LogP contribution < -0.4 is 0 Å². The topological polar surface area (TPSA) is 20.2 Å². The second kappa shape index (κ2) is 6.43. The fraction of sp³-hybridized carbons (Fsp3) is 1.00. The van der Waals surface area contributed by atoms with Crippen molar-refractivity contribution in [3.63, 3.8) is 0 Å². The minimum atomic E-state index is 0.276. The zero-order valence-electron chi connectivity index (χ0n) is 6.01. The van der Waals surface area contributed by atoms with E-state index in [-0.39, 0.29) is 6.61 Å². The summed E-state index contributed by atoms with van der Waals surface area (Å²) in [7, 11) is 0. The van der Waals surface area contributed by atoms with Crippen LogP contribution in [0.1, 0.15) is 32.6 Å². The van der Waals surface area contributed by atoms with Crippen molar-refractivity contribution in [2.45, 2.75) is 37.9 Å². The molecule has 0 rings (SSSR count). The Morgan fingerprint density at radius 2 is 2.11 bits per heavy atom. The zero-order valence-corrected chi connectivity index (χ0v) is 6.90. The van der Waals surface area contributed by atoms with Gasteiger partial charge in [0, 0.05) is 11.9 Å². The lowest BCUT2D eigenvalue weighted by Gasteiger charge is -2.05. The molecule has 9 heavy (non-hydrogen) atoms. The smallest absolute Gasteiger partial charge is 0.0441 e. The van der Waals surface area contributed by atoms with Crippen LogP contribution in [0.5, 0.6) is 0 Å². The van der Waals surface area contributed by atoms with Gasteiger partial charge >= 0.3 is 0 Å². The number of aliphatic hydroxyl groups is 1. The number of thiol groups is 1. The summed E-state index contributed by atoms with van der Waals surface area (Å²) in [5.41, 5.74) is 0. The Bertz CT molecular complexity index is 56.9. The number of hydrogen-bond donors (Lipinski definition) is 2. The van der Waals surface area contributed by atoms with Crippen molar-refractivity contribution in [1.29, 1.82) is 0 Å². The summed E-state index contributed by atoms with van der Waals surface area (Å²) in [6.45, 7) is 2.44. The number of hydrogen-bond acceptors (Lipinski definition) is 2. The van der Waals surface area contributed by atoms with E-state index in [0.29, 0.717) is 5.25 Å². The molecular formula is C7H16OS. The van der Waals surface area contributed by atoms with E-state index in [0.717, 1.165) is 12.8 Å². The van der Waals surface area contributed by atoms with Crippen LogP contribution in [0.25, 0.3) is 0 Å². The van der Waals surface area contributed by atoms with Crippen molar-refractivity contribution < 1.29 is 5.11 Å². The predicted molar refractivity (Wildman–Crippen MR) is 44.0 cm³/mol. The van der Waals surface area contributed by atoms with Crippen LogP contribution in [0.2, 0.25) is 0 Å². The third-order valence-electron chi connectivity index (χ3n) is 1.35. The molecule has 0 aromatic rings. The summed E-state index contributed by atoms with van der Waals surface area (Å²) in [6, 6.07) is 0. The Morgan fingerprint density at radius 3 is 2.56 bits per heavy atom. The van der Waals surface area contributed by atoms with Crippen LogP contribution in [-0.4, -0.2) is 17.0 Å². The first-order valence-corrected chi connectivity index (χ1v) is 4.11. The van der Waals surface area contributed by atoms with E-state index in [1.807, 2.05) is 0 Å². The van der Waals surface area contributed by atoms with Gasteiger partial charge in [0.1, 0.15) is 0 Å². The lowest BCUT2D eigenvalue weighted by molar-refractivity contribution is 0.285. The van der Waals surface area contributed by atoms with Crippen molar-refractivity contribution in [3.05, 3.63) is 0 Å². The average molecular weight is 148 g/mol. The van der Waals surface area contributed by atoms with E-state index < -0.39 is 0 Å². The molecule has 0 aliphatic heterocycles. The lowest BCUT2D eigenvalue weighted by Crippen LogP contribution is -2.00. The summed E-state index contributed by atoms with van der Waals surface area (Å²) >= 11 is 4.28. The van der Waals surface area contributed by atoms with Crippen LogP contribution in [0.15, 0.2) is 0 Å². The fourth-order valence-electron chi connectivity index (χ4n) is 0.733. The van der Waals surface area contributed by atoms with Crippen LogP contribution in [-0.2, 0) is 0 Å². The maximum absolute atomic E-state index is 8.49. The molecular weight excluding hydrogens is 132 g/mol. The molecule has 0 aliphatic carbocycles. The third kappa shape index (κ3) is 6.19. The summed E-state index contributed by atoms with van der Waals surface area (Å²) in [4.78, 5) is 0. The first kappa shape index (κ1) is 9.31. The van der Waals surface area contributed by atoms with Gasteiger partial charge in [-0.1, -0.05) is 19.8 Å². The molecule has 0 saturated heterocycles. The van der Waals surface area contributed by atoms with E-state index in [1.54, 1.807) is 0 Å². The highest BCUT2D eigenvalue weighted by Gasteiger charge is 1.99. The molecule has 0 amide bonds.